The topological polar surface area (TPSA) is 49.3 Å². The van der Waals surface area contributed by atoms with E-state index in [2.05, 4.69) is 39.6 Å². The minimum Gasteiger partial charge on any atom is -0.381 e. The summed E-state index contributed by atoms with van der Waals surface area (Å²) >= 11 is 1.82. The van der Waals surface area contributed by atoms with Crippen molar-refractivity contribution in [3.8, 4) is 0 Å². The predicted molar refractivity (Wildman–Crippen MR) is 108 cm³/mol. The molecule has 0 saturated carbocycles. The lowest BCUT2D eigenvalue weighted by Gasteiger charge is -2.37. The first-order valence-electron chi connectivity index (χ1n) is 9.84. The molecule has 0 spiro atoms. The molecule has 1 unspecified atom stereocenters. The summed E-state index contributed by atoms with van der Waals surface area (Å²) in [7, 11) is 0. The van der Waals surface area contributed by atoms with Gasteiger partial charge in [0.1, 0.15) is 0 Å². The van der Waals surface area contributed by atoms with E-state index in [1.54, 1.807) is 0 Å². The monoisotopic (exact) mass is 380 g/mol. The highest BCUT2D eigenvalue weighted by Gasteiger charge is 2.20. The largest absolute Gasteiger partial charge is 0.381 e. The van der Waals surface area contributed by atoms with E-state index in [1.807, 2.05) is 11.3 Å². The number of hydrogen-bond acceptors (Lipinski definition) is 5. The summed E-state index contributed by atoms with van der Waals surface area (Å²) in [6, 6.07) is 4.33. The number of guanidine groups is 1. The lowest BCUT2D eigenvalue weighted by atomic mass is 10.1. The molecule has 1 N–H and O–H groups in total. The van der Waals surface area contributed by atoms with Gasteiger partial charge in [0, 0.05) is 58.4 Å². The molecule has 146 valence electrons. The average Bonchev–Trinajstić information content (AvgIpc) is 3.38. The Morgan fingerprint density at radius 2 is 2.27 bits per heavy atom. The third-order valence-corrected chi connectivity index (χ3v) is 5.75. The number of ether oxygens (including phenoxy) is 2. The van der Waals surface area contributed by atoms with Crippen LogP contribution in [0.2, 0.25) is 0 Å². The number of rotatable bonds is 8. The third kappa shape index (κ3) is 5.86. The fourth-order valence-electron chi connectivity index (χ4n) is 3.33. The maximum Gasteiger partial charge on any atom is 0.194 e. The molecule has 2 aliphatic rings. The summed E-state index contributed by atoms with van der Waals surface area (Å²) < 4.78 is 11.1. The highest BCUT2D eigenvalue weighted by atomic mass is 32.1. The van der Waals surface area contributed by atoms with Crippen LogP contribution in [-0.2, 0) is 9.47 Å². The number of nitrogens with one attached hydrogen (secondary N) is 1. The Balaban J connectivity index is 1.36. The van der Waals surface area contributed by atoms with Gasteiger partial charge < -0.3 is 24.6 Å². The Labute approximate surface area is 161 Å². The first kappa shape index (κ1) is 19.5. The standard InChI is InChI=1S/C19H32N4O2S/c1-2-20-19(21-7-4-12-24-15-17-6-13-25-16-17)23-10-8-22(9-11-23)18-5-3-14-26-18/h3,5,14,17H,2,4,6-13,15-16H2,1H3,(H,20,21). The summed E-state index contributed by atoms with van der Waals surface area (Å²) in [6.07, 6.45) is 2.11. The van der Waals surface area contributed by atoms with Gasteiger partial charge in [0.15, 0.2) is 5.96 Å². The molecule has 7 heteroatoms. The first-order valence-corrected chi connectivity index (χ1v) is 10.7. The summed E-state index contributed by atoms with van der Waals surface area (Å²) in [6.45, 7) is 11.4. The Kier molecular flexibility index (Phi) is 8.04. The van der Waals surface area contributed by atoms with Crippen molar-refractivity contribution in [3.63, 3.8) is 0 Å². The highest BCUT2D eigenvalue weighted by molar-refractivity contribution is 7.14. The number of piperazine rings is 1. The SMILES string of the molecule is CCNC(=NCCCOCC1CCOC1)N1CCN(c2cccs2)CC1. The van der Waals surface area contributed by atoms with Gasteiger partial charge in [-0.15, -0.1) is 11.3 Å². The van der Waals surface area contributed by atoms with Crippen LogP contribution in [0.3, 0.4) is 0 Å². The molecule has 26 heavy (non-hydrogen) atoms. The van der Waals surface area contributed by atoms with E-state index in [9.17, 15) is 0 Å². The number of thiophene rings is 1. The molecule has 0 aromatic carbocycles. The van der Waals surface area contributed by atoms with Gasteiger partial charge in [0.2, 0.25) is 0 Å². The summed E-state index contributed by atoms with van der Waals surface area (Å²) in [5.74, 6) is 1.64. The normalized spacial score (nSPS) is 21.4. The molecular formula is C19H32N4O2S. The van der Waals surface area contributed by atoms with Crippen molar-refractivity contribution in [3.05, 3.63) is 17.5 Å². The average molecular weight is 381 g/mol. The molecule has 1 aromatic heterocycles. The van der Waals surface area contributed by atoms with Gasteiger partial charge in [-0.2, -0.15) is 0 Å². The number of anilines is 1. The van der Waals surface area contributed by atoms with E-state index < -0.39 is 0 Å². The number of nitrogens with zero attached hydrogens (tertiary/aromatic N) is 3. The first-order chi connectivity index (χ1) is 12.9. The van der Waals surface area contributed by atoms with Crippen LogP contribution >= 0.6 is 11.3 Å². The van der Waals surface area contributed by atoms with Gasteiger partial charge in [-0.3, -0.25) is 4.99 Å². The van der Waals surface area contributed by atoms with Crippen LogP contribution in [0.25, 0.3) is 0 Å². The molecule has 3 heterocycles. The Morgan fingerprint density at radius 3 is 2.96 bits per heavy atom. The molecular weight excluding hydrogens is 348 g/mol. The fourth-order valence-corrected chi connectivity index (χ4v) is 4.12. The molecule has 0 amide bonds. The van der Waals surface area contributed by atoms with Crippen LogP contribution in [0.4, 0.5) is 5.00 Å². The van der Waals surface area contributed by atoms with E-state index in [0.717, 1.165) is 84.5 Å². The maximum atomic E-state index is 5.77. The lowest BCUT2D eigenvalue weighted by Crippen LogP contribution is -2.52. The molecule has 3 rings (SSSR count). The van der Waals surface area contributed by atoms with Crippen molar-refractivity contribution in [1.29, 1.82) is 0 Å². The van der Waals surface area contributed by atoms with E-state index in [0.29, 0.717) is 5.92 Å². The molecule has 2 fully saturated rings. The molecule has 0 radical (unpaired) electrons. The van der Waals surface area contributed by atoms with E-state index in [-0.39, 0.29) is 0 Å². The van der Waals surface area contributed by atoms with Crippen LogP contribution in [0, 0.1) is 5.92 Å². The Bertz CT molecular complexity index is 524. The van der Waals surface area contributed by atoms with Crippen molar-refractivity contribution in [2.45, 2.75) is 19.8 Å². The molecule has 1 atom stereocenters. The van der Waals surface area contributed by atoms with Gasteiger partial charge in [0.05, 0.1) is 18.2 Å². The van der Waals surface area contributed by atoms with Crippen molar-refractivity contribution in [2.75, 3.05) is 70.6 Å². The summed E-state index contributed by atoms with van der Waals surface area (Å²) in [4.78, 5) is 9.65. The highest BCUT2D eigenvalue weighted by Crippen LogP contribution is 2.22. The van der Waals surface area contributed by atoms with Crippen LogP contribution in [0.1, 0.15) is 19.8 Å². The van der Waals surface area contributed by atoms with E-state index in [1.165, 1.54) is 5.00 Å². The zero-order valence-electron chi connectivity index (χ0n) is 15.9. The second-order valence-corrected chi connectivity index (χ2v) is 7.75. The van der Waals surface area contributed by atoms with Gasteiger partial charge in [-0.25, -0.2) is 0 Å². The van der Waals surface area contributed by atoms with Crippen LogP contribution in [-0.4, -0.2) is 76.6 Å². The minimum absolute atomic E-state index is 0.593. The number of aliphatic imine (C=N–C) groups is 1. The van der Waals surface area contributed by atoms with Gasteiger partial charge in [-0.05, 0) is 37.3 Å². The summed E-state index contributed by atoms with van der Waals surface area (Å²) in [5, 5.41) is 6.96. The van der Waals surface area contributed by atoms with E-state index in [4.69, 9.17) is 14.5 Å². The smallest absolute Gasteiger partial charge is 0.194 e. The maximum absolute atomic E-state index is 5.77. The van der Waals surface area contributed by atoms with Gasteiger partial charge >= 0.3 is 0 Å². The molecule has 0 bridgehead atoms. The second-order valence-electron chi connectivity index (χ2n) is 6.82. The van der Waals surface area contributed by atoms with Crippen LogP contribution in [0.15, 0.2) is 22.5 Å². The lowest BCUT2D eigenvalue weighted by molar-refractivity contribution is 0.0893. The van der Waals surface area contributed by atoms with Gasteiger partial charge in [-0.1, -0.05) is 0 Å². The minimum atomic E-state index is 0.593. The van der Waals surface area contributed by atoms with E-state index >= 15 is 0 Å². The van der Waals surface area contributed by atoms with Crippen molar-refractivity contribution < 1.29 is 9.47 Å². The predicted octanol–water partition coefficient (Wildman–Crippen LogP) is 2.28. The zero-order valence-corrected chi connectivity index (χ0v) is 16.7. The van der Waals surface area contributed by atoms with Crippen molar-refractivity contribution in [1.82, 2.24) is 10.2 Å². The van der Waals surface area contributed by atoms with Crippen molar-refractivity contribution >= 4 is 22.3 Å². The molecule has 0 aliphatic carbocycles. The molecule has 1 aromatic rings. The summed E-state index contributed by atoms with van der Waals surface area (Å²) in [5.41, 5.74) is 0. The fraction of sp³-hybridized carbons (Fsp3) is 0.737. The Morgan fingerprint density at radius 1 is 1.38 bits per heavy atom. The number of hydrogen-bond donors (Lipinski definition) is 1. The molecule has 6 nitrogen and oxygen atoms in total. The molecule has 2 aliphatic heterocycles. The Hall–Kier alpha value is -1.31. The third-order valence-electron chi connectivity index (χ3n) is 4.82. The zero-order chi connectivity index (χ0) is 18.0. The quantitative estimate of drug-likeness (QED) is 0.426. The van der Waals surface area contributed by atoms with Crippen LogP contribution in [0.5, 0.6) is 0 Å². The van der Waals surface area contributed by atoms with Gasteiger partial charge in [0.25, 0.3) is 0 Å². The molecule has 2 saturated heterocycles. The van der Waals surface area contributed by atoms with Crippen molar-refractivity contribution in [2.24, 2.45) is 10.9 Å². The van der Waals surface area contributed by atoms with Crippen LogP contribution < -0.4 is 10.2 Å². The second kappa shape index (κ2) is 10.7.